The van der Waals surface area contributed by atoms with Crippen LogP contribution in [0.4, 0.5) is 0 Å². The van der Waals surface area contributed by atoms with Crippen molar-refractivity contribution in [2.75, 3.05) is 6.54 Å². The summed E-state index contributed by atoms with van der Waals surface area (Å²) in [5.41, 5.74) is 6.65. The van der Waals surface area contributed by atoms with Crippen molar-refractivity contribution in [3.8, 4) is 0 Å². The zero-order chi connectivity index (χ0) is 29.6. The van der Waals surface area contributed by atoms with Gasteiger partial charge in [-0.2, -0.15) is 11.6 Å². The van der Waals surface area contributed by atoms with E-state index >= 15 is 0 Å². The molecule has 40 heavy (non-hydrogen) atoms. The van der Waals surface area contributed by atoms with E-state index in [-0.39, 0.29) is 49.1 Å². The summed E-state index contributed by atoms with van der Waals surface area (Å²) >= 11 is 1.78. The number of dihydropyridines is 1. The maximum atomic E-state index is 7.61. The second-order valence-corrected chi connectivity index (χ2v) is 13.2. The fourth-order valence-corrected chi connectivity index (χ4v) is 7.65. The summed E-state index contributed by atoms with van der Waals surface area (Å²) in [5, 5.41) is 12.2. The van der Waals surface area contributed by atoms with E-state index < -0.39 is 13.1 Å². The number of aliphatic imine (C=N–C) groups is 1. The largest absolute Gasteiger partial charge is 0.769 e. The molecule has 7 aliphatic rings. The average Bonchev–Trinajstić information content (AvgIpc) is 3.54. The summed E-state index contributed by atoms with van der Waals surface area (Å²) in [6, 6.07) is 0.124. The van der Waals surface area contributed by atoms with Crippen LogP contribution >= 0.6 is 11.8 Å². The van der Waals surface area contributed by atoms with Crippen LogP contribution in [0.15, 0.2) is 68.5 Å². The quantitative estimate of drug-likeness (QED) is 0.266. The first-order valence-electron chi connectivity index (χ1n) is 16.3. The van der Waals surface area contributed by atoms with E-state index in [9.17, 15) is 0 Å². The molecule has 0 aromatic carbocycles. The SMILES string of the molecule is C[C@H]1C[C-]=C(C2=C[C@H](C)[C@H](C)C[N-]2)CC1.[2H]C([2H])([2H])C1=N[C@H]2OC3=C(C4CC=C5C(C)=CSC5[N-]4)[CH-]CC[C@H]3C2C=C1.[Ir]. The molecule has 4 nitrogen and oxygen atoms in total. The van der Waals surface area contributed by atoms with Crippen LogP contribution in [0, 0.1) is 42.1 Å². The average molecular weight is 737 g/mol. The van der Waals surface area contributed by atoms with Gasteiger partial charge in [0.15, 0.2) is 6.23 Å². The molecule has 8 atom stereocenters. The molecule has 1 radical (unpaired) electrons. The fraction of sp³-hybridized carbons (Fsp3) is 0.588. The molecular weight excluding hydrogens is 691 g/mol. The molecule has 2 aliphatic carbocycles. The zero-order valence-corrected chi connectivity index (χ0v) is 27.2. The summed E-state index contributed by atoms with van der Waals surface area (Å²) < 4.78 is 29.1. The Hall–Kier alpha value is -1.46. The van der Waals surface area contributed by atoms with Gasteiger partial charge in [-0.3, -0.25) is 6.08 Å². The first-order chi connectivity index (χ1) is 20.1. The Morgan fingerprint density at radius 3 is 2.90 bits per heavy atom. The van der Waals surface area contributed by atoms with Gasteiger partial charge in [-0.05, 0) is 54.8 Å². The third kappa shape index (κ3) is 6.16. The molecule has 5 aliphatic heterocycles. The number of rotatable bonds is 2. The molecule has 1 saturated heterocycles. The number of allylic oxidation sites excluding steroid dienone is 5. The van der Waals surface area contributed by atoms with Crippen LogP contribution in [0.1, 0.15) is 77.2 Å². The van der Waals surface area contributed by atoms with Gasteiger partial charge in [0.05, 0.1) is 0 Å². The van der Waals surface area contributed by atoms with E-state index in [1.54, 1.807) is 17.8 Å². The standard InChI is InChI=1S/C20H22N2OS.C14H21N.Ir/c1-11-10-24-20-13(11)8-9-17(22-20)16-5-3-4-14-15-7-6-12(2)21-19(15)23-18(14)16;1-10-4-6-13(7-5-10)14-8-11(2)12(3)9-15-14;/h5-8,10,14-15,17,19-20H,3-4,9H2,1-2H3;8,10-12H,4-6,9H2,1-3H3;/q2*-2;/t14-,15?,17?,19-,20?;10-,11+,12-;/m01./s1/i2D3;;. The molecular formula is C34H43IrN3OS-4. The van der Waals surface area contributed by atoms with Crippen molar-refractivity contribution in [3.63, 3.8) is 0 Å². The minimum atomic E-state index is -2.19. The Morgan fingerprint density at radius 1 is 1.25 bits per heavy atom. The number of thioether (sulfide) groups is 1. The minimum Gasteiger partial charge on any atom is -0.769 e. The topological polar surface area (TPSA) is 49.8 Å². The van der Waals surface area contributed by atoms with Crippen molar-refractivity contribution in [1.29, 1.82) is 0 Å². The molecule has 7 rings (SSSR count). The van der Waals surface area contributed by atoms with Crippen LogP contribution in [0.25, 0.3) is 10.6 Å². The molecule has 5 heterocycles. The van der Waals surface area contributed by atoms with Crippen molar-refractivity contribution >= 4 is 17.5 Å². The summed E-state index contributed by atoms with van der Waals surface area (Å²) in [4.78, 5) is 4.42. The van der Waals surface area contributed by atoms with Gasteiger partial charge in [0, 0.05) is 35.8 Å². The molecule has 0 bridgehead atoms. The van der Waals surface area contributed by atoms with Gasteiger partial charge in [0.25, 0.3) is 0 Å². The number of ether oxygens (including phenoxy) is 1. The van der Waals surface area contributed by atoms with Gasteiger partial charge >= 0.3 is 0 Å². The number of fused-ring (bicyclic) bond motifs is 4. The van der Waals surface area contributed by atoms with Gasteiger partial charge < -0.3 is 21.1 Å². The second kappa shape index (κ2) is 12.8. The smallest absolute Gasteiger partial charge is 0.175 e. The summed E-state index contributed by atoms with van der Waals surface area (Å²) in [6.07, 6.45) is 20.3. The maximum Gasteiger partial charge on any atom is 0.175 e. The van der Waals surface area contributed by atoms with Crippen LogP contribution in [0.3, 0.4) is 0 Å². The monoisotopic (exact) mass is 737 g/mol. The van der Waals surface area contributed by atoms with Gasteiger partial charge in [-0.15, -0.1) is 37.2 Å². The number of hydrogen-bond acceptors (Lipinski definition) is 3. The summed E-state index contributed by atoms with van der Waals surface area (Å²) in [5.74, 6) is 3.60. The van der Waals surface area contributed by atoms with Gasteiger partial charge in [0.2, 0.25) is 0 Å². The van der Waals surface area contributed by atoms with Crippen LogP contribution in [-0.4, -0.2) is 29.9 Å². The van der Waals surface area contributed by atoms with E-state index in [1.165, 1.54) is 40.8 Å². The number of nitrogens with zero attached hydrogens (tertiary/aromatic N) is 3. The predicted molar refractivity (Wildman–Crippen MR) is 164 cm³/mol. The summed E-state index contributed by atoms with van der Waals surface area (Å²) in [6.45, 7) is 7.84. The van der Waals surface area contributed by atoms with E-state index in [0.717, 1.165) is 43.9 Å². The normalized spacial score (nSPS) is 39.1. The molecule has 3 unspecified atom stereocenters. The third-order valence-electron chi connectivity index (χ3n) is 9.31. The third-order valence-corrected chi connectivity index (χ3v) is 10.4. The van der Waals surface area contributed by atoms with Crippen LogP contribution in [-0.2, 0) is 24.8 Å². The minimum absolute atomic E-state index is 0. The molecule has 0 saturated carbocycles. The number of hydrogen-bond donors (Lipinski definition) is 0. The first-order valence-corrected chi connectivity index (χ1v) is 15.7. The molecule has 6 heteroatoms. The van der Waals surface area contributed by atoms with E-state index in [4.69, 9.17) is 14.2 Å². The molecule has 0 aromatic heterocycles. The first kappa shape index (κ1) is 26.2. The Morgan fingerprint density at radius 2 is 2.12 bits per heavy atom. The van der Waals surface area contributed by atoms with Crippen LogP contribution in [0.5, 0.6) is 0 Å². The molecule has 219 valence electrons. The molecule has 0 aromatic rings. The Balaban J connectivity index is 0.000000197. The predicted octanol–water partition coefficient (Wildman–Crippen LogP) is 8.98. The Bertz CT molecular complexity index is 1300. The van der Waals surface area contributed by atoms with Gasteiger partial charge in [0.1, 0.15) is 0 Å². The van der Waals surface area contributed by atoms with E-state index in [1.807, 2.05) is 6.08 Å². The van der Waals surface area contributed by atoms with Crippen LogP contribution in [0.2, 0.25) is 0 Å². The van der Waals surface area contributed by atoms with Gasteiger partial charge in [-0.25, -0.2) is 17.0 Å². The van der Waals surface area contributed by atoms with Gasteiger partial charge in [-0.1, -0.05) is 75.0 Å². The van der Waals surface area contributed by atoms with Crippen molar-refractivity contribution < 1.29 is 29.0 Å². The molecule has 1 fully saturated rings. The maximum absolute atomic E-state index is 7.61. The van der Waals surface area contributed by atoms with E-state index in [0.29, 0.717) is 11.8 Å². The van der Waals surface area contributed by atoms with Crippen molar-refractivity contribution in [2.24, 2.45) is 34.6 Å². The van der Waals surface area contributed by atoms with Crippen molar-refractivity contribution in [3.05, 3.63) is 86.6 Å². The molecule has 0 spiro atoms. The Kier molecular flexibility index (Phi) is 8.39. The Labute approximate surface area is 264 Å². The second-order valence-electron chi connectivity index (χ2n) is 12.2. The van der Waals surface area contributed by atoms with Crippen molar-refractivity contribution in [2.45, 2.75) is 90.7 Å². The van der Waals surface area contributed by atoms with Crippen LogP contribution < -0.4 is 0 Å². The molecule has 0 N–H and O–H groups in total. The fourth-order valence-electron chi connectivity index (χ4n) is 6.54. The molecule has 0 amide bonds. The zero-order valence-electron chi connectivity index (χ0n) is 27.0. The summed E-state index contributed by atoms with van der Waals surface area (Å²) in [7, 11) is 0. The van der Waals surface area contributed by atoms with E-state index in [2.05, 4.69) is 68.1 Å². The van der Waals surface area contributed by atoms with Crippen molar-refractivity contribution in [1.82, 2.24) is 0 Å².